The van der Waals surface area contributed by atoms with Gasteiger partial charge in [-0.05, 0) is 49.4 Å². The SMILES string of the molecule is CCC(C)CCCCCCCCCCC(=O)OC[C@H](COP(=O)(O)OCC(O)COP(=O)(O)OC[C@@H](COC(=O)CCCCCCCCC(C)C)OC(=O)CCCCCCCCCCCCCCCCCCC(C)C)OC(=O)CCCCCCCCCCCC(C)C. The first kappa shape index (κ1) is 90.1. The average Bonchev–Trinajstić information content (AvgIpc) is 2.99. The van der Waals surface area contributed by atoms with Crippen LogP contribution in [0.3, 0.4) is 0 Å². The van der Waals surface area contributed by atoms with E-state index in [9.17, 15) is 43.2 Å². The van der Waals surface area contributed by atoms with Gasteiger partial charge in [0.15, 0.2) is 12.2 Å². The van der Waals surface area contributed by atoms with Crippen molar-refractivity contribution in [2.45, 2.75) is 382 Å². The lowest BCUT2D eigenvalue weighted by molar-refractivity contribution is -0.161. The minimum atomic E-state index is -4.95. The van der Waals surface area contributed by atoms with Gasteiger partial charge in [0.2, 0.25) is 0 Å². The number of rotatable bonds is 70. The van der Waals surface area contributed by atoms with Crippen molar-refractivity contribution in [3.63, 3.8) is 0 Å². The van der Waals surface area contributed by atoms with Crippen LogP contribution in [0.4, 0.5) is 0 Å². The molecule has 0 fully saturated rings. The van der Waals surface area contributed by atoms with E-state index in [1.165, 1.54) is 161 Å². The van der Waals surface area contributed by atoms with Gasteiger partial charge in [-0.2, -0.15) is 0 Å². The summed E-state index contributed by atoms with van der Waals surface area (Å²) in [5, 5.41) is 10.6. The van der Waals surface area contributed by atoms with Crippen molar-refractivity contribution < 1.29 is 80.2 Å². The summed E-state index contributed by atoms with van der Waals surface area (Å²) >= 11 is 0. The van der Waals surface area contributed by atoms with Gasteiger partial charge in [0.05, 0.1) is 26.4 Å². The molecule has 0 amide bonds. The monoisotopic (exact) mass is 1350 g/mol. The van der Waals surface area contributed by atoms with Gasteiger partial charge < -0.3 is 33.8 Å². The minimum Gasteiger partial charge on any atom is -0.462 e. The van der Waals surface area contributed by atoms with E-state index in [-0.39, 0.29) is 25.7 Å². The normalized spacial score (nSPS) is 14.5. The molecule has 0 aliphatic heterocycles. The molecule has 0 bridgehead atoms. The van der Waals surface area contributed by atoms with Gasteiger partial charge in [0.25, 0.3) is 0 Å². The highest BCUT2D eigenvalue weighted by Crippen LogP contribution is 2.45. The molecule has 546 valence electrons. The van der Waals surface area contributed by atoms with Crippen LogP contribution in [0.5, 0.6) is 0 Å². The Bertz CT molecular complexity index is 1820. The fraction of sp³-hybridized carbons (Fsp3) is 0.945. The molecule has 0 aromatic rings. The molecule has 0 spiro atoms. The molecule has 0 heterocycles. The smallest absolute Gasteiger partial charge is 0.462 e. The Labute approximate surface area is 562 Å². The number of phosphoric acid groups is 2. The Morgan fingerprint density at radius 1 is 0.304 bits per heavy atom. The van der Waals surface area contributed by atoms with E-state index >= 15 is 0 Å². The average molecular weight is 1350 g/mol. The summed E-state index contributed by atoms with van der Waals surface area (Å²) in [4.78, 5) is 72.6. The first-order valence-corrected chi connectivity index (χ1v) is 40.7. The number of ether oxygens (including phenoxy) is 4. The molecule has 0 aromatic carbocycles. The second-order valence-corrected chi connectivity index (χ2v) is 30.9. The van der Waals surface area contributed by atoms with Gasteiger partial charge in [-0.25, -0.2) is 9.13 Å². The lowest BCUT2D eigenvalue weighted by Crippen LogP contribution is -2.30. The van der Waals surface area contributed by atoms with Gasteiger partial charge in [0, 0.05) is 25.7 Å². The summed E-state index contributed by atoms with van der Waals surface area (Å²) < 4.78 is 68.4. The highest BCUT2D eigenvalue weighted by Gasteiger charge is 2.30. The molecule has 0 aromatic heterocycles. The molecular weight excluding hydrogens is 1210 g/mol. The maximum Gasteiger partial charge on any atom is 0.472 e. The van der Waals surface area contributed by atoms with Gasteiger partial charge in [-0.1, -0.05) is 312 Å². The van der Waals surface area contributed by atoms with E-state index in [1.807, 2.05) is 0 Å². The molecule has 0 aliphatic rings. The Morgan fingerprint density at radius 3 is 0.772 bits per heavy atom. The van der Waals surface area contributed by atoms with Crippen LogP contribution in [0, 0.1) is 23.7 Å². The molecule has 0 aliphatic carbocycles. The van der Waals surface area contributed by atoms with Crippen LogP contribution in [0.2, 0.25) is 0 Å². The van der Waals surface area contributed by atoms with Gasteiger partial charge in [-0.15, -0.1) is 0 Å². The maximum atomic E-state index is 13.0. The van der Waals surface area contributed by atoms with Crippen LogP contribution in [-0.4, -0.2) is 96.7 Å². The third-order valence-corrected chi connectivity index (χ3v) is 19.1. The number of aliphatic hydroxyl groups is 1. The summed E-state index contributed by atoms with van der Waals surface area (Å²) in [7, 11) is -9.91. The number of esters is 4. The number of phosphoric ester groups is 2. The van der Waals surface area contributed by atoms with Crippen LogP contribution >= 0.6 is 15.6 Å². The zero-order valence-electron chi connectivity index (χ0n) is 60.2. The van der Waals surface area contributed by atoms with Crippen LogP contribution in [0.1, 0.15) is 364 Å². The number of hydrogen-bond acceptors (Lipinski definition) is 15. The van der Waals surface area contributed by atoms with Crippen LogP contribution in [0.25, 0.3) is 0 Å². The predicted molar refractivity (Wildman–Crippen MR) is 372 cm³/mol. The van der Waals surface area contributed by atoms with E-state index in [2.05, 4.69) is 55.4 Å². The second-order valence-electron chi connectivity index (χ2n) is 28.0. The van der Waals surface area contributed by atoms with Crippen molar-refractivity contribution in [1.29, 1.82) is 0 Å². The predicted octanol–water partition coefficient (Wildman–Crippen LogP) is 20.9. The van der Waals surface area contributed by atoms with Crippen molar-refractivity contribution in [3.05, 3.63) is 0 Å². The third-order valence-electron chi connectivity index (χ3n) is 17.2. The fourth-order valence-electron chi connectivity index (χ4n) is 11.0. The number of unbranched alkanes of at least 4 members (excludes halogenated alkanes) is 35. The van der Waals surface area contributed by atoms with E-state index in [0.717, 1.165) is 114 Å². The molecule has 17 nitrogen and oxygen atoms in total. The Hall–Kier alpha value is -1.94. The van der Waals surface area contributed by atoms with Crippen molar-refractivity contribution in [2.75, 3.05) is 39.6 Å². The lowest BCUT2D eigenvalue weighted by Gasteiger charge is -2.21. The van der Waals surface area contributed by atoms with Gasteiger partial charge in [-0.3, -0.25) is 37.3 Å². The first-order chi connectivity index (χ1) is 44.1. The van der Waals surface area contributed by atoms with E-state index in [1.54, 1.807) is 0 Å². The third kappa shape index (κ3) is 65.4. The topological polar surface area (TPSA) is 237 Å². The first-order valence-electron chi connectivity index (χ1n) is 37.7. The minimum absolute atomic E-state index is 0.104. The Balaban J connectivity index is 5.20. The largest absolute Gasteiger partial charge is 0.472 e. The van der Waals surface area contributed by atoms with Crippen LogP contribution in [0.15, 0.2) is 0 Å². The summed E-state index contributed by atoms with van der Waals surface area (Å²) in [6.45, 7) is 14.1. The Morgan fingerprint density at radius 2 is 0.522 bits per heavy atom. The number of aliphatic hydroxyl groups excluding tert-OH is 1. The molecule has 19 heteroatoms. The Kier molecular flexibility index (Phi) is 61.3. The van der Waals surface area contributed by atoms with Crippen LogP contribution in [-0.2, 0) is 65.4 Å². The summed E-state index contributed by atoms with van der Waals surface area (Å²) in [6.07, 6.45) is 46.0. The number of carbonyl (C=O) groups is 4. The maximum absolute atomic E-state index is 13.0. The van der Waals surface area contributed by atoms with Crippen molar-refractivity contribution in [2.24, 2.45) is 23.7 Å². The molecule has 0 saturated heterocycles. The summed E-state index contributed by atoms with van der Waals surface area (Å²) in [5.41, 5.74) is 0. The quantitative estimate of drug-likeness (QED) is 0.0222. The highest BCUT2D eigenvalue weighted by atomic mass is 31.2. The van der Waals surface area contributed by atoms with E-state index in [0.29, 0.717) is 31.6 Å². The molecule has 0 rings (SSSR count). The van der Waals surface area contributed by atoms with Gasteiger partial charge >= 0.3 is 39.5 Å². The van der Waals surface area contributed by atoms with Crippen molar-refractivity contribution >= 4 is 39.5 Å². The molecule has 4 unspecified atom stereocenters. The van der Waals surface area contributed by atoms with Crippen LogP contribution < -0.4 is 0 Å². The molecular formula is C73H142O17P2. The highest BCUT2D eigenvalue weighted by molar-refractivity contribution is 7.47. The molecule has 6 atom stereocenters. The van der Waals surface area contributed by atoms with Crippen molar-refractivity contribution in [3.8, 4) is 0 Å². The second kappa shape index (κ2) is 62.6. The molecule has 3 N–H and O–H groups in total. The molecule has 0 saturated carbocycles. The van der Waals surface area contributed by atoms with E-state index < -0.39 is 97.5 Å². The lowest BCUT2D eigenvalue weighted by atomic mass is 9.99. The number of hydrogen-bond donors (Lipinski definition) is 3. The summed E-state index contributed by atoms with van der Waals surface area (Å²) in [5.74, 6) is 0.875. The zero-order chi connectivity index (χ0) is 68.2. The summed E-state index contributed by atoms with van der Waals surface area (Å²) in [6, 6.07) is 0. The van der Waals surface area contributed by atoms with E-state index in [4.69, 9.17) is 37.0 Å². The number of carbonyl (C=O) groups excluding carboxylic acids is 4. The standard InChI is InChI=1S/C73H142O17P2/c1-9-66(8)52-44-36-27-23-24-28-37-45-53-70(75)83-59-68(89-73(78)56-48-40-30-22-18-20-26-34-42-50-64(4)5)61-87-91(79,80)85-57-67(74)58-86-92(81,82)88-62-69(60-84-71(76)54-46-38-32-31-35-43-51-65(6)7)90-72(77)55-47-39-29-21-17-15-13-11-10-12-14-16-19-25-33-41-49-63(2)3/h63-69,74H,9-62H2,1-8H3,(H,79,80)(H,81,82)/t66?,67?,68-,69-/m1/s1. The zero-order valence-corrected chi connectivity index (χ0v) is 62.0. The van der Waals surface area contributed by atoms with Crippen molar-refractivity contribution in [1.82, 2.24) is 0 Å². The molecule has 92 heavy (non-hydrogen) atoms. The fourth-order valence-corrected chi connectivity index (χ4v) is 12.6. The molecule has 0 radical (unpaired) electrons. The van der Waals surface area contributed by atoms with Gasteiger partial charge in [0.1, 0.15) is 19.3 Å².